The lowest BCUT2D eigenvalue weighted by Gasteiger charge is -2.15. The second-order valence-electron chi connectivity index (χ2n) is 8.06. The molecule has 0 N–H and O–H groups in total. The van der Waals surface area contributed by atoms with E-state index in [1.807, 2.05) is 25.3 Å². The van der Waals surface area contributed by atoms with Crippen molar-refractivity contribution in [2.45, 2.75) is 20.8 Å². The van der Waals surface area contributed by atoms with Crippen molar-refractivity contribution < 1.29 is 4.42 Å². The van der Waals surface area contributed by atoms with Gasteiger partial charge in [0.2, 0.25) is 0 Å². The Kier molecular flexibility index (Phi) is 3.78. The summed E-state index contributed by atoms with van der Waals surface area (Å²) < 4.78 is 8.67. The largest absolute Gasteiger partial charge is 0.453 e. The quantitative estimate of drug-likeness (QED) is 0.315. The maximum atomic E-state index is 6.40. The van der Waals surface area contributed by atoms with Gasteiger partial charge in [0.15, 0.2) is 5.58 Å². The van der Waals surface area contributed by atoms with Gasteiger partial charge >= 0.3 is 0 Å². The highest BCUT2D eigenvalue weighted by molar-refractivity contribution is 6.10. The van der Waals surface area contributed by atoms with Gasteiger partial charge < -0.3 is 4.42 Å². The number of benzene rings is 3. The van der Waals surface area contributed by atoms with E-state index in [4.69, 9.17) is 9.40 Å². The Morgan fingerprint density at radius 3 is 2.32 bits per heavy atom. The third-order valence-electron chi connectivity index (χ3n) is 6.06. The summed E-state index contributed by atoms with van der Waals surface area (Å²) in [4.78, 5) is 9.49. The van der Waals surface area contributed by atoms with E-state index >= 15 is 0 Å². The van der Waals surface area contributed by atoms with Crippen molar-refractivity contribution in [2.24, 2.45) is 0 Å². The second-order valence-corrected chi connectivity index (χ2v) is 8.06. The predicted molar refractivity (Wildman–Crippen MR) is 126 cm³/mol. The predicted octanol–water partition coefficient (Wildman–Crippen LogP) is 6.91. The minimum absolute atomic E-state index is 0.833. The first-order valence-electron chi connectivity index (χ1n) is 10.4. The smallest absolute Gasteiger partial charge is 0.156 e. The van der Waals surface area contributed by atoms with Gasteiger partial charge in [-0.1, -0.05) is 42.5 Å². The third kappa shape index (κ3) is 2.55. The van der Waals surface area contributed by atoms with E-state index in [0.29, 0.717) is 0 Å². The lowest BCUT2D eigenvalue weighted by molar-refractivity contribution is 0.663. The van der Waals surface area contributed by atoms with Gasteiger partial charge in [0.05, 0.1) is 28.0 Å². The Morgan fingerprint density at radius 1 is 0.742 bits per heavy atom. The number of para-hydroxylation sites is 4. The molecule has 0 unspecified atom stereocenters. The molecule has 3 heterocycles. The Balaban J connectivity index is 1.77. The molecular formula is C27H21N3O. The summed E-state index contributed by atoms with van der Waals surface area (Å²) in [5.74, 6) is 0.883. The van der Waals surface area contributed by atoms with Crippen LogP contribution in [0.3, 0.4) is 0 Å². The van der Waals surface area contributed by atoms with E-state index in [1.165, 1.54) is 11.1 Å². The molecule has 4 nitrogen and oxygen atoms in total. The van der Waals surface area contributed by atoms with Crippen molar-refractivity contribution in [3.8, 4) is 17.1 Å². The first-order chi connectivity index (χ1) is 15.1. The minimum atomic E-state index is 0.833. The van der Waals surface area contributed by atoms with Gasteiger partial charge in [0.1, 0.15) is 11.4 Å². The van der Waals surface area contributed by atoms with Crippen LogP contribution in [0, 0.1) is 20.8 Å². The van der Waals surface area contributed by atoms with Crippen LogP contribution in [0.1, 0.15) is 16.8 Å². The van der Waals surface area contributed by atoms with Crippen LogP contribution in [0.2, 0.25) is 0 Å². The molecule has 0 fully saturated rings. The summed E-state index contributed by atoms with van der Waals surface area (Å²) in [5, 5.41) is 2.16. The van der Waals surface area contributed by atoms with Crippen molar-refractivity contribution in [1.82, 2.24) is 14.5 Å². The number of nitrogens with zero attached hydrogens (tertiary/aromatic N) is 3. The molecule has 4 heteroatoms. The summed E-state index contributed by atoms with van der Waals surface area (Å²) in [6.07, 6.45) is 1.84. The van der Waals surface area contributed by atoms with Crippen LogP contribution in [-0.2, 0) is 0 Å². The molecular weight excluding hydrogens is 382 g/mol. The number of furan rings is 1. The SMILES string of the molecule is Cc1cccc(C)c1-n1c(-c2cccc3c2oc2c(C)nccc23)nc2ccccc21. The van der Waals surface area contributed by atoms with Crippen LogP contribution < -0.4 is 0 Å². The first kappa shape index (κ1) is 17.9. The molecule has 0 radical (unpaired) electrons. The summed E-state index contributed by atoms with van der Waals surface area (Å²) in [5.41, 5.74) is 9.18. The molecule has 0 saturated heterocycles. The average molecular weight is 403 g/mol. The fraction of sp³-hybridized carbons (Fsp3) is 0.111. The monoisotopic (exact) mass is 403 g/mol. The van der Waals surface area contributed by atoms with E-state index < -0.39 is 0 Å². The van der Waals surface area contributed by atoms with Crippen LogP contribution >= 0.6 is 0 Å². The van der Waals surface area contributed by atoms with Crippen LogP contribution in [0.25, 0.3) is 50.0 Å². The summed E-state index contributed by atoms with van der Waals surface area (Å²) in [6.45, 7) is 6.28. The van der Waals surface area contributed by atoms with E-state index in [2.05, 4.69) is 78.0 Å². The van der Waals surface area contributed by atoms with Gasteiger partial charge in [-0.2, -0.15) is 0 Å². The lowest BCUT2D eigenvalue weighted by Crippen LogP contribution is -2.02. The zero-order chi connectivity index (χ0) is 21.1. The van der Waals surface area contributed by atoms with E-state index in [0.717, 1.165) is 55.7 Å². The first-order valence-corrected chi connectivity index (χ1v) is 10.4. The molecule has 0 spiro atoms. The molecule has 31 heavy (non-hydrogen) atoms. The van der Waals surface area contributed by atoms with Crippen molar-refractivity contribution in [1.29, 1.82) is 0 Å². The van der Waals surface area contributed by atoms with E-state index in [-0.39, 0.29) is 0 Å². The molecule has 0 aliphatic heterocycles. The Labute approximate surface area is 179 Å². The lowest BCUT2D eigenvalue weighted by atomic mass is 10.1. The molecule has 0 atom stereocenters. The summed E-state index contributed by atoms with van der Waals surface area (Å²) in [7, 11) is 0. The molecule has 0 aliphatic carbocycles. The molecule has 0 saturated carbocycles. The Hall–Kier alpha value is -3.92. The van der Waals surface area contributed by atoms with Gasteiger partial charge in [0, 0.05) is 17.0 Å². The van der Waals surface area contributed by atoms with Crippen molar-refractivity contribution in [3.63, 3.8) is 0 Å². The van der Waals surface area contributed by atoms with Gasteiger partial charge in [-0.25, -0.2) is 4.98 Å². The molecule has 3 aromatic heterocycles. The van der Waals surface area contributed by atoms with Crippen LogP contribution in [0.5, 0.6) is 0 Å². The third-order valence-corrected chi connectivity index (χ3v) is 6.06. The number of hydrogen-bond donors (Lipinski definition) is 0. The fourth-order valence-corrected chi connectivity index (χ4v) is 4.62. The normalized spacial score (nSPS) is 11.7. The van der Waals surface area contributed by atoms with Gasteiger partial charge in [-0.3, -0.25) is 9.55 Å². The fourth-order valence-electron chi connectivity index (χ4n) is 4.62. The average Bonchev–Trinajstić information content (AvgIpc) is 3.34. The molecule has 0 amide bonds. The zero-order valence-corrected chi connectivity index (χ0v) is 17.7. The standard InChI is InChI=1S/C27H21N3O/c1-16-8-6-9-17(2)24(16)30-23-13-5-4-12-22(23)29-27(30)21-11-7-10-19-20-14-15-28-18(3)25(20)31-26(19)21/h4-15H,1-3H3. The molecule has 0 bridgehead atoms. The summed E-state index contributed by atoms with van der Waals surface area (Å²) in [6, 6.07) is 23.0. The van der Waals surface area contributed by atoms with Crippen molar-refractivity contribution in [2.75, 3.05) is 0 Å². The van der Waals surface area contributed by atoms with Crippen LogP contribution in [0.15, 0.2) is 77.3 Å². The van der Waals surface area contributed by atoms with Crippen LogP contribution in [-0.4, -0.2) is 14.5 Å². The topological polar surface area (TPSA) is 43.9 Å². The summed E-state index contributed by atoms with van der Waals surface area (Å²) >= 11 is 0. The molecule has 3 aromatic carbocycles. The second kappa shape index (κ2) is 6.54. The van der Waals surface area contributed by atoms with Gasteiger partial charge in [0.25, 0.3) is 0 Å². The van der Waals surface area contributed by atoms with Gasteiger partial charge in [-0.15, -0.1) is 0 Å². The highest BCUT2D eigenvalue weighted by atomic mass is 16.3. The Morgan fingerprint density at radius 2 is 1.48 bits per heavy atom. The highest BCUT2D eigenvalue weighted by Crippen LogP contribution is 2.38. The number of imidazole rings is 1. The number of fused-ring (bicyclic) bond motifs is 4. The van der Waals surface area contributed by atoms with Gasteiger partial charge in [-0.05, 0) is 56.2 Å². The molecule has 0 aliphatic rings. The number of rotatable bonds is 2. The van der Waals surface area contributed by atoms with E-state index in [1.54, 1.807) is 0 Å². The maximum Gasteiger partial charge on any atom is 0.156 e. The van der Waals surface area contributed by atoms with Crippen molar-refractivity contribution in [3.05, 3.63) is 89.7 Å². The van der Waals surface area contributed by atoms with E-state index in [9.17, 15) is 0 Å². The minimum Gasteiger partial charge on any atom is -0.453 e. The number of pyridine rings is 1. The Bertz CT molecular complexity index is 1600. The molecule has 6 rings (SSSR count). The zero-order valence-electron chi connectivity index (χ0n) is 17.7. The molecule has 150 valence electrons. The van der Waals surface area contributed by atoms with Crippen LogP contribution in [0.4, 0.5) is 0 Å². The highest BCUT2D eigenvalue weighted by Gasteiger charge is 2.21. The number of aromatic nitrogens is 3. The molecule has 6 aromatic rings. The maximum absolute atomic E-state index is 6.40. The number of hydrogen-bond acceptors (Lipinski definition) is 3. The number of aryl methyl sites for hydroxylation is 3. The van der Waals surface area contributed by atoms with Crippen molar-refractivity contribution >= 4 is 33.0 Å².